The lowest BCUT2D eigenvalue weighted by atomic mass is 10.2. The van der Waals surface area contributed by atoms with Crippen LogP contribution in [0.25, 0.3) is 0 Å². The number of hydrogen-bond donors (Lipinski definition) is 2. The van der Waals surface area contributed by atoms with E-state index < -0.39 is 0 Å². The summed E-state index contributed by atoms with van der Waals surface area (Å²) in [5, 5.41) is 6.67. The molecule has 0 bridgehead atoms. The zero-order valence-corrected chi connectivity index (χ0v) is 16.8. The first-order valence-electron chi connectivity index (χ1n) is 9.10. The van der Waals surface area contributed by atoms with Crippen molar-refractivity contribution in [2.75, 3.05) is 48.4 Å². The van der Waals surface area contributed by atoms with Gasteiger partial charge in [-0.3, -0.25) is 0 Å². The van der Waals surface area contributed by atoms with Crippen LogP contribution < -0.4 is 25.2 Å². The lowest BCUT2D eigenvalue weighted by Crippen LogP contribution is -2.47. The topological polar surface area (TPSA) is 65.6 Å². The van der Waals surface area contributed by atoms with E-state index in [4.69, 9.17) is 17.0 Å². The van der Waals surface area contributed by atoms with Gasteiger partial charge in [-0.1, -0.05) is 18.2 Å². The van der Waals surface area contributed by atoms with Gasteiger partial charge in [0.05, 0.1) is 7.11 Å². The normalized spacial score (nSPS) is 14.2. The number of aromatic nitrogens is 2. The standard InChI is InChI=1S/C19H26N6OS/c1-14(2)20-19(27)23-18-21-16(13-17(22-18)26-3)25-11-9-24(10-12-25)15-7-5-4-6-8-15/h4-8,13-14H,9-12H2,1-3H3,(H2,20,21,22,23,27). The number of piperazine rings is 1. The smallest absolute Gasteiger partial charge is 0.234 e. The molecule has 27 heavy (non-hydrogen) atoms. The second-order valence-corrected chi connectivity index (χ2v) is 7.06. The van der Waals surface area contributed by atoms with Crippen molar-refractivity contribution in [1.29, 1.82) is 0 Å². The maximum atomic E-state index is 5.35. The average Bonchev–Trinajstić information content (AvgIpc) is 2.68. The molecule has 1 aromatic carbocycles. The maximum absolute atomic E-state index is 5.35. The number of methoxy groups -OCH3 is 1. The number of ether oxygens (including phenoxy) is 1. The molecule has 1 aromatic heterocycles. The number of para-hydroxylation sites is 1. The average molecular weight is 387 g/mol. The number of rotatable bonds is 5. The second kappa shape index (κ2) is 8.85. The fourth-order valence-corrected chi connectivity index (χ4v) is 3.29. The van der Waals surface area contributed by atoms with Crippen molar-refractivity contribution in [2.45, 2.75) is 19.9 Å². The monoisotopic (exact) mass is 386 g/mol. The Kier molecular flexibility index (Phi) is 6.28. The highest BCUT2D eigenvalue weighted by molar-refractivity contribution is 7.80. The van der Waals surface area contributed by atoms with Crippen molar-refractivity contribution in [3.8, 4) is 5.88 Å². The van der Waals surface area contributed by atoms with Gasteiger partial charge in [-0.2, -0.15) is 9.97 Å². The summed E-state index contributed by atoms with van der Waals surface area (Å²) >= 11 is 5.30. The molecule has 0 saturated carbocycles. The summed E-state index contributed by atoms with van der Waals surface area (Å²) in [5.74, 6) is 1.79. The lowest BCUT2D eigenvalue weighted by molar-refractivity contribution is 0.397. The molecule has 0 aliphatic carbocycles. The first-order chi connectivity index (χ1) is 13.0. The van der Waals surface area contributed by atoms with Gasteiger partial charge in [-0.05, 0) is 38.2 Å². The van der Waals surface area contributed by atoms with E-state index >= 15 is 0 Å². The molecular weight excluding hydrogens is 360 g/mol. The van der Waals surface area contributed by atoms with Crippen LogP contribution in [-0.2, 0) is 0 Å². The summed E-state index contributed by atoms with van der Waals surface area (Å²) in [7, 11) is 1.61. The Morgan fingerprint density at radius 1 is 1.07 bits per heavy atom. The van der Waals surface area contributed by atoms with E-state index in [2.05, 4.69) is 54.7 Å². The first-order valence-corrected chi connectivity index (χ1v) is 9.51. The van der Waals surface area contributed by atoms with Crippen LogP contribution in [0.1, 0.15) is 13.8 Å². The molecule has 7 nitrogen and oxygen atoms in total. The number of nitrogens with one attached hydrogen (secondary N) is 2. The van der Waals surface area contributed by atoms with Crippen LogP contribution in [0.5, 0.6) is 5.88 Å². The predicted octanol–water partition coefficient (Wildman–Crippen LogP) is 2.51. The third kappa shape index (κ3) is 5.19. The van der Waals surface area contributed by atoms with Gasteiger partial charge in [0, 0.05) is 44.0 Å². The Bertz CT molecular complexity index is 762. The molecule has 2 heterocycles. The Balaban J connectivity index is 1.69. The zero-order chi connectivity index (χ0) is 19.2. The largest absolute Gasteiger partial charge is 0.481 e. The van der Waals surface area contributed by atoms with E-state index in [1.54, 1.807) is 7.11 Å². The SMILES string of the molecule is COc1cc(N2CCN(c3ccccc3)CC2)nc(NC(=S)NC(C)C)n1. The maximum Gasteiger partial charge on any atom is 0.234 e. The molecular formula is C19H26N6OS. The molecule has 2 aromatic rings. The van der Waals surface area contributed by atoms with Crippen LogP contribution in [0, 0.1) is 0 Å². The molecule has 2 N–H and O–H groups in total. The number of hydrogen-bond acceptors (Lipinski definition) is 6. The van der Waals surface area contributed by atoms with Gasteiger partial charge in [-0.15, -0.1) is 0 Å². The summed E-state index contributed by atoms with van der Waals surface area (Å²) in [5.41, 5.74) is 1.25. The first kappa shape index (κ1) is 19.2. The van der Waals surface area contributed by atoms with Gasteiger partial charge >= 0.3 is 0 Å². The van der Waals surface area contributed by atoms with E-state index in [0.717, 1.165) is 32.0 Å². The molecule has 0 atom stereocenters. The van der Waals surface area contributed by atoms with Crippen LogP contribution in [0.15, 0.2) is 36.4 Å². The van der Waals surface area contributed by atoms with E-state index in [1.165, 1.54) is 5.69 Å². The third-order valence-electron chi connectivity index (χ3n) is 4.27. The Labute approximate surface area is 165 Å². The van der Waals surface area contributed by atoms with Crippen molar-refractivity contribution < 1.29 is 4.74 Å². The molecule has 0 amide bonds. The molecule has 1 saturated heterocycles. The highest BCUT2D eigenvalue weighted by Gasteiger charge is 2.20. The molecule has 0 spiro atoms. The Morgan fingerprint density at radius 3 is 2.37 bits per heavy atom. The highest BCUT2D eigenvalue weighted by atomic mass is 32.1. The van der Waals surface area contributed by atoms with Gasteiger partial charge in [0.2, 0.25) is 11.8 Å². The quantitative estimate of drug-likeness (QED) is 0.760. The van der Waals surface area contributed by atoms with Gasteiger partial charge in [-0.25, -0.2) is 0 Å². The van der Waals surface area contributed by atoms with E-state index in [0.29, 0.717) is 16.9 Å². The number of thiocarbonyl (C=S) groups is 1. The molecule has 1 aliphatic rings. The van der Waals surface area contributed by atoms with Crippen LogP contribution in [0.2, 0.25) is 0 Å². The fraction of sp³-hybridized carbons (Fsp3) is 0.421. The van der Waals surface area contributed by atoms with Crippen molar-refractivity contribution in [1.82, 2.24) is 15.3 Å². The van der Waals surface area contributed by atoms with E-state index in [1.807, 2.05) is 26.0 Å². The highest BCUT2D eigenvalue weighted by Crippen LogP contribution is 2.23. The van der Waals surface area contributed by atoms with Crippen LogP contribution in [0.3, 0.4) is 0 Å². The van der Waals surface area contributed by atoms with Gasteiger partial charge in [0.15, 0.2) is 5.11 Å². The molecule has 8 heteroatoms. The van der Waals surface area contributed by atoms with Crippen molar-refractivity contribution in [3.05, 3.63) is 36.4 Å². The minimum atomic E-state index is 0.237. The summed E-state index contributed by atoms with van der Waals surface area (Å²) < 4.78 is 5.35. The summed E-state index contributed by atoms with van der Waals surface area (Å²) in [4.78, 5) is 13.6. The third-order valence-corrected chi connectivity index (χ3v) is 4.49. The zero-order valence-electron chi connectivity index (χ0n) is 16.0. The predicted molar refractivity (Wildman–Crippen MR) is 114 cm³/mol. The number of nitrogens with zero attached hydrogens (tertiary/aromatic N) is 4. The number of benzene rings is 1. The summed E-state index contributed by atoms with van der Waals surface area (Å²) in [6.45, 7) is 7.68. The van der Waals surface area contributed by atoms with Crippen LogP contribution in [-0.4, -0.2) is 54.4 Å². The van der Waals surface area contributed by atoms with E-state index in [-0.39, 0.29) is 6.04 Å². The van der Waals surface area contributed by atoms with Crippen molar-refractivity contribution in [2.24, 2.45) is 0 Å². The molecule has 144 valence electrons. The van der Waals surface area contributed by atoms with Crippen LogP contribution >= 0.6 is 12.2 Å². The van der Waals surface area contributed by atoms with E-state index in [9.17, 15) is 0 Å². The second-order valence-electron chi connectivity index (χ2n) is 6.65. The minimum absolute atomic E-state index is 0.237. The lowest BCUT2D eigenvalue weighted by Gasteiger charge is -2.36. The number of anilines is 3. The van der Waals surface area contributed by atoms with Gasteiger partial charge < -0.3 is 25.2 Å². The Morgan fingerprint density at radius 2 is 1.74 bits per heavy atom. The van der Waals surface area contributed by atoms with Crippen LogP contribution in [0.4, 0.5) is 17.5 Å². The molecule has 0 unspecified atom stereocenters. The fourth-order valence-electron chi connectivity index (χ4n) is 2.97. The summed E-state index contributed by atoms with van der Waals surface area (Å²) in [6, 6.07) is 12.6. The van der Waals surface area contributed by atoms with Crippen molar-refractivity contribution in [3.63, 3.8) is 0 Å². The molecule has 1 aliphatic heterocycles. The summed E-state index contributed by atoms with van der Waals surface area (Å²) in [6.07, 6.45) is 0. The Hall–Kier alpha value is -2.61. The molecule has 1 fully saturated rings. The molecule has 0 radical (unpaired) electrons. The minimum Gasteiger partial charge on any atom is -0.481 e. The van der Waals surface area contributed by atoms with Gasteiger partial charge in [0.25, 0.3) is 0 Å². The van der Waals surface area contributed by atoms with Crippen molar-refractivity contribution >= 4 is 34.8 Å². The van der Waals surface area contributed by atoms with Gasteiger partial charge in [0.1, 0.15) is 5.82 Å². The molecule has 3 rings (SSSR count).